The minimum absolute atomic E-state index is 0.0430. The summed E-state index contributed by atoms with van der Waals surface area (Å²) in [6, 6.07) is 5.89. The minimum Gasteiger partial charge on any atom is -0.507 e. The van der Waals surface area contributed by atoms with Crippen LogP contribution in [0.1, 0.15) is 52.5 Å². The van der Waals surface area contributed by atoms with Crippen LogP contribution in [-0.4, -0.2) is 50.7 Å². The van der Waals surface area contributed by atoms with Crippen LogP contribution in [0.25, 0.3) is 16.8 Å². The molecule has 0 bridgehead atoms. The van der Waals surface area contributed by atoms with Gasteiger partial charge in [-0.15, -0.1) is 10.2 Å². The van der Waals surface area contributed by atoms with Gasteiger partial charge in [0.25, 0.3) is 0 Å². The van der Waals surface area contributed by atoms with Crippen molar-refractivity contribution in [3.8, 4) is 17.0 Å². The third-order valence-electron chi connectivity index (χ3n) is 5.87. The fraction of sp³-hybridized carbons (Fsp3) is 0.478. The van der Waals surface area contributed by atoms with Crippen molar-refractivity contribution in [1.29, 1.82) is 0 Å². The van der Waals surface area contributed by atoms with Crippen molar-refractivity contribution in [3.05, 3.63) is 36.2 Å². The van der Waals surface area contributed by atoms with Gasteiger partial charge < -0.3 is 15.3 Å². The summed E-state index contributed by atoms with van der Waals surface area (Å²) in [6.45, 7) is 8.93. The molecule has 7 heteroatoms. The van der Waals surface area contributed by atoms with Crippen molar-refractivity contribution in [3.63, 3.8) is 0 Å². The lowest BCUT2D eigenvalue weighted by Crippen LogP contribution is -2.62. The van der Waals surface area contributed by atoms with Crippen molar-refractivity contribution >= 4 is 17.7 Å². The SMILES string of the molecule is CN(c1ncc(-c2ccc(C3=CN=CC3)cc2O)nn1)C1CC(C)(C)NC(C)(C)C1. The third-order valence-corrected chi connectivity index (χ3v) is 5.87. The first-order valence-corrected chi connectivity index (χ1v) is 10.4. The van der Waals surface area contributed by atoms with Crippen LogP contribution in [0.5, 0.6) is 5.75 Å². The Kier molecular flexibility index (Phi) is 5.10. The predicted octanol–water partition coefficient (Wildman–Crippen LogP) is 3.81. The first-order chi connectivity index (χ1) is 14.1. The Hall–Kier alpha value is -2.80. The molecule has 1 saturated heterocycles. The van der Waals surface area contributed by atoms with Gasteiger partial charge in [0.2, 0.25) is 5.95 Å². The van der Waals surface area contributed by atoms with E-state index in [2.05, 4.69) is 58.1 Å². The van der Waals surface area contributed by atoms with Crippen LogP contribution in [0.4, 0.5) is 5.95 Å². The van der Waals surface area contributed by atoms with Crippen molar-refractivity contribution in [1.82, 2.24) is 20.5 Å². The number of hydrogen-bond donors (Lipinski definition) is 2. The molecule has 0 spiro atoms. The van der Waals surface area contributed by atoms with Crippen molar-refractivity contribution in [2.75, 3.05) is 11.9 Å². The normalized spacial score (nSPS) is 20.2. The van der Waals surface area contributed by atoms with Crippen LogP contribution in [0.15, 0.2) is 35.6 Å². The van der Waals surface area contributed by atoms with Gasteiger partial charge >= 0.3 is 0 Å². The predicted molar refractivity (Wildman–Crippen MR) is 121 cm³/mol. The second kappa shape index (κ2) is 7.47. The Morgan fingerprint density at radius 1 is 1.10 bits per heavy atom. The van der Waals surface area contributed by atoms with Crippen LogP contribution >= 0.6 is 0 Å². The molecule has 2 aromatic rings. The molecule has 2 aliphatic rings. The van der Waals surface area contributed by atoms with Gasteiger partial charge in [0, 0.05) is 48.6 Å². The van der Waals surface area contributed by atoms with E-state index in [1.54, 1.807) is 12.3 Å². The monoisotopic (exact) mass is 406 g/mol. The van der Waals surface area contributed by atoms with Gasteiger partial charge in [0.15, 0.2) is 0 Å². The molecular formula is C23H30N6O. The maximum absolute atomic E-state index is 10.5. The van der Waals surface area contributed by atoms with Crippen molar-refractivity contribution in [2.45, 2.75) is 64.1 Å². The fourth-order valence-corrected chi connectivity index (χ4v) is 4.75. The summed E-state index contributed by atoms with van der Waals surface area (Å²) in [5, 5.41) is 23.0. The number of aliphatic imine (C=N–C) groups is 1. The largest absolute Gasteiger partial charge is 0.507 e. The zero-order chi connectivity index (χ0) is 21.5. The zero-order valence-corrected chi connectivity index (χ0v) is 18.3. The number of piperidine rings is 1. The Morgan fingerprint density at radius 3 is 2.40 bits per heavy atom. The van der Waals surface area contributed by atoms with Crippen LogP contribution in [0.3, 0.4) is 0 Å². The Balaban J connectivity index is 1.53. The summed E-state index contributed by atoms with van der Waals surface area (Å²) < 4.78 is 0. The number of hydrogen-bond acceptors (Lipinski definition) is 7. The molecule has 0 saturated carbocycles. The maximum atomic E-state index is 10.5. The number of benzene rings is 1. The van der Waals surface area contributed by atoms with Crippen LogP contribution < -0.4 is 10.2 Å². The van der Waals surface area contributed by atoms with Crippen LogP contribution in [0.2, 0.25) is 0 Å². The number of phenols is 1. The van der Waals surface area contributed by atoms with E-state index >= 15 is 0 Å². The number of nitrogens with one attached hydrogen (secondary N) is 1. The summed E-state index contributed by atoms with van der Waals surface area (Å²) in [7, 11) is 2.03. The average Bonchev–Trinajstić information content (AvgIpc) is 3.20. The third kappa shape index (κ3) is 4.21. The molecule has 4 rings (SSSR count). The van der Waals surface area contributed by atoms with Crippen LogP contribution in [-0.2, 0) is 0 Å². The molecule has 3 heterocycles. The first kappa shape index (κ1) is 20.5. The number of aromatic nitrogens is 3. The van der Waals surface area contributed by atoms with E-state index < -0.39 is 0 Å². The van der Waals surface area contributed by atoms with Crippen molar-refractivity contribution < 1.29 is 5.11 Å². The topological polar surface area (TPSA) is 86.5 Å². The highest BCUT2D eigenvalue weighted by atomic mass is 16.3. The molecule has 7 nitrogen and oxygen atoms in total. The minimum atomic E-state index is 0.0430. The second-order valence-electron chi connectivity index (χ2n) is 9.63. The van der Waals surface area contributed by atoms with Crippen LogP contribution in [0, 0.1) is 0 Å². The Bertz CT molecular complexity index is 977. The summed E-state index contributed by atoms with van der Waals surface area (Å²) >= 11 is 0. The number of nitrogens with zero attached hydrogens (tertiary/aromatic N) is 5. The van der Waals surface area contributed by atoms with Gasteiger partial charge in [-0.1, -0.05) is 6.07 Å². The zero-order valence-electron chi connectivity index (χ0n) is 18.3. The summed E-state index contributed by atoms with van der Waals surface area (Å²) in [4.78, 5) is 10.8. The molecule has 2 N–H and O–H groups in total. The van der Waals surface area contributed by atoms with Gasteiger partial charge in [0.05, 0.1) is 6.20 Å². The quantitative estimate of drug-likeness (QED) is 0.803. The van der Waals surface area contributed by atoms with Gasteiger partial charge in [0.1, 0.15) is 11.4 Å². The van der Waals surface area contributed by atoms with E-state index in [1.165, 1.54) is 0 Å². The summed E-state index contributed by atoms with van der Waals surface area (Å²) in [5.74, 6) is 0.765. The van der Waals surface area contributed by atoms with Gasteiger partial charge in [-0.2, -0.15) is 0 Å². The van der Waals surface area contributed by atoms with E-state index in [0.717, 1.165) is 30.4 Å². The number of phenolic OH excluding ortho intramolecular Hbond substituents is 1. The lowest BCUT2D eigenvalue weighted by atomic mass is 9.79. The highest BCUT2D eigenvalue weighted by molar-refractivity contribution is 5.85. The molecule has 0 amide bonds. The molecule has 0 aliphatic carbocycles. The first-order valence-electron chi connectivity index (χ1n) is 10.4. The molecule has 0 unspecified atom stereocenters. The number of anilines is 1. The molecule has 2 aliphatic heterocycles. The molecule has 1 aromatic carbocycles. The standard InChI is InChI=1S/C23H30N6O/c1-22(2)11-17(12-23(3,4)28-22)29(5)21-25-14-19(26-27-21)18-7-6-15(10-20(18)30)16-8-9-24-13-16/h6-7,9-10,13-14,17,28,30H,8,11-12H2,1-5H3. The smallest absolute Gasteiger partial charge is 0.245 e. The van der Waals surface area contributed by atoms with Gasteiger partial charge in [-0.25, -0.2) is 4.98 Å². The van der Waals surface area contributed by atoms with E-state index in [4.69, 9.17) is 0 Å². The Morgan fingerprint density at radius 2 is 1.83 bits per heavy atom. The lowest BCUT2D eigenvalue weighted by molar-refractivity contribution is 0.160. The van der Waals surface area contributed by atoms with E-state index in [-0.39, 0.29) is 16.8 Å². The molecule has 158 valence electrons. The van der Waals surface area contributed by atoms with Gasteiger partial charge in [-0.3, -0.25) is 4.99 Å². The fourth-order valence-electron chi connectivity index (χ4n) is 4.75. The molecular weight excluding hydrogens is 376 g/mol. The summed E-state index contributed by atoms with van der Waals surface area (Å²) in [6.07, 6.45) is 8.15. The van der Waals surface area contributed by atoms with E-state index in [0.29, 0.717) is 23.2 Å². The summed E-state index contributed by atoms with van der Waals surface area (Å²) in [5.41, 5.74) is 3.31. The average molecular weight is 407 g/mol. The molecule has 1 fully saturated rings. The lowest BCUT2D eigenvalue weighted by Gasteiger charge is -2.48. The molecule has 1 aromatic heterocycles. The number of allylic oxidation sites excluding steroid dienone is 1. The Labute approximate surface area is 178 Å². The van der Waals surface area contributed by atoms with E-state index in [1.807, 2.05) is 31.6 Å². The van der Waals surface area contributed by atoms with E-state index in [9.17, 15) is 5.11 Å². The van der Waals surface area contributed by atoms with Gasteiger partial charge in [-0.05, 0) is 63.8 Å². The highest BCUT2D eigenvalue weighted by Crippen LogP contribution is 2.34. The van der Waals surface area contributed by atoms with Crippen molar-refractivity contribution in [2.24, 2.45) is 4.99 Å². The number of rotatable bonds is 4. The maximum Gasteiger partial charge on any atom is 0.245 e. The molecule has 30 heavy (non-hydrogen) atoms. The number of aromatic hydroxyl groups is 1. The molecule has 0 atom stereocenters. The highest BCUT2D eigenvalue weighted by Gasteiger charge is 2.39. The molecule has 0 radical (unpaired) electrons. The second-order valence-corrected chi connectivity index (χ2v) is 9.63.